The average Bonchev–Trinajstić information content (AvgIpc) is 2.84. The third-order valence-corrected chi connectivity index (χ3v) is 4.50. The lowest BCUT2D eigenvalue weighted by molar-refractivity contribution is 0.370. The van der Waals surface area contributed by atoms with E-state index in [1.807, 2.05) is 0 Å². The predicted octanol–water partition coefficient (Wildman–Crippen LogP) is 4.06. The quantitative estimate of drug-likeness (QED) is 0.805. The number of nitrogens with zero attached hydrogens (tertiary/aromatic N) is 1. The molecule has 0 fully saturated rings. The van der Waals surface area contributed by atoms with E-state index >= 15 is 0 Å². The molecule has 2 atom stereocenters. The maximum atomic E-state index is 2.33. The molecule has 0 N–H and O–H groups in total. The summed E-state index contributed by atoms with van der Waals surface area (Å²) in [6, 6.07) is 20.0. The minimum absolute atomic E-state index is 0.647. The Morgan fingerprint density at radius 2 is 1.65 bits per heavy atom. The molecule has 1 nitrogen and oxygen atoms in total. The van der Waals surface area contributed by atoms with Crippen molar-refractivity contribution in [3.05, 3.63) is 71.3 Å². The summed E-state index contributed by atoms with van der Waals surface area (Å²) in [4.78, 5) is 2.29. The minimum Gasteiger partial charge on any atom is -0.309 e. The molecular weight excluding hydrogens is 242 g/mol. The van der Waals surface area contributed by atoms with Gasteiger partial charge < -0.3 is 4.90 Å². The molecule has 0 aromatic heterocycles. The van der Waals surface area contributed by atoms with Gasteiger partial charge in [0, 0.05) is 0 Å². The summed E-state index contributed by atoms with van der Waals surface area (Å²) < 4.78 is 0. The SMILES string of the molecule is CN(C)CC[C@H]1c2ccccc2C[C@@H]1c1ccccc1. The molecule has 0 saturated heterocycles. The van der Waals surface area contributed by atoms with E-state index in [0.717, 1.165) is 6.54 Å². The van der Waals surface area contributed by atoms with Gasteiger partial charge in [-0.3, -0.25) is 0 Å². The standard InChI is InChI=1S/C19H23N/c1-20(2)13-12-18-17-11-7-6-10-16(17)14-19(18)15-8-4-3-5-9-15/h3-11,18-19H,12-14H2,1-2H3/t18-,19+/m0/s1. The van der Waals surface area contributed by atoms with Gasteiger partial charge >= 0.3 is 0 Å². The van der Waals surface area contributed by atoms with Crippen molar-refractivity contribution in [2.45, 2.75) is 24.7 Å². The average molecular weight is 265 g/mol. The number of rotatable bonds is 4. The zero-order chi connectivity index (χ0) is 13.9. The lowest BCUT2D eigenvalue weighted by Gasteiger charge is -2.22. The van der Waals surface area contributed by atoms with Crippen molar-refractivity contribution >= 4 is 0 Å². The Labute approximate surface area is 122 Å². The van der Waals surface area contributed by atoms with Crippen LogP contribution in [0.15, 0.2) is 54.6 Å². The van der Waals surface area contributed by atoms with Crippen LogP contribution in [0.1, 0.15) is 34.9 Å². The van der Waals surface area contributed by atoms with Gasteiger partial charge in [0.25, 0.3) is 0 Å². The van der Waals surface area contributed by atoms with Crippen LogP contribution in [0.25, 0.3) is 0 Å². The largest absolute Gasteiger partial charge is 0.309 e. The summed E-state index contributed by atoms with van der Waals surface area (Å²) in [6.07, 6.45) is 2.43. The van der Waals surface area contributed by atoms with Crippen LogP contribution >= 0.6 is 0 Å². The zero-order valence-electron chi connectivity index (χ0n) is 12.4. The van der Waals surface area contributed by atoms with Crippen LogP contribution in [-0.4, -0.2) is 25.5 Å². The fourth-order valence-electron chi connectivity index (χ4n) is 3.48. The normalized spacial score (nSPS) is 21.1. The van der Waals surface area contributed by atoms with E-state index in [0.29, 0.717) is 11.8 Å². The van der Waals surface area contributed by atoms with Crippen molar-refractivity contribution in [3.8, 4) is 0 Å². The van der Waals surface area contributed by atoms with Gasteiger partial charge in [0.2, 0.25) is 0 Å². The van der Waals surface area contributed by atoms with Gasteiger partial charge in [-0.05, 0) is 62.0 Å². The lowest BCUT2D eigenvalue weighted by atomic mass is 9.84. The molecule has 0 spiro atoms. The van der Waals surface area contributed by atoms with Crippen molar-refractivity contribution in [1.82, 2.24) is 4.90 Å². The van der Waals surface area contributed by atoms with E-state index in [9.17, 15) is 0 Å². The van der Waals surface area contributed by atoms with E-state index in [1.165, 1.54) is 18.4 Å². The Morgan fingerprint density at radius 3 is 2.40 bits per heavy atom. The summed E-state index contributed by atoms with van der Waals surface area (Å²) >= 11 is 0. The summed E-state index contributed by atoms with van der Waals surface area (Å²) in [5.41, 5.74) is 4.61. The predicted molar refractivity (Wildman–Crippen MR) is 85.2 cm³/mol. The Morgan fingerprint density at radius 1 is 0.950 bits per heavy atom. The van der Waals surface area contributed by atoms with E-state index in [1.54, 1.807) is 11.1 Å². The Hall–Kier alpha value is -1.60. The summed E-state index contributed by atoms with van der Waals surface area (Å²) in [6.45, 7) is 1.16. The van der Waals surface area contributed by atoms with Crippen LogP contribution < -0.4 is 0 Å². The maximum absolute atomic E-state index is 2.33. The zero-order valence-corrected chi connectivity index (χ0v) is 12.4. The first kappa shape index (κ1) is 13.4. The van der Waals surface area contributed by atoms with Gasteiger partial charge in [0.15, 0.2) is 0 Å². The fourth-order valence-corrected chi connectivity index (χ4v) is 3.48. The van der Waals surface area contributed by atoms with Gasteiger partial charge in [-0.2, -0.15) is 0 Å². The highest BCUT2D eigenvalue weighted by molar-refractivity contribution is 5.41. The second-order valence-corrected chi connectivity index (χ2v) is 6.12. The second-order valence-electron chi connectivity index (χ2n) is 6.12. The first-order valence-corrected chi connectivity index (χ1v) is 7.53. The third-order valence-electron chi connectivity index (χ3n) is 4.50. The molecule has 104 valence electrons. The molecule has 1 heteroatoms. The van der Waals surface area contributed by atoms with Crippen LogP contribution in [-0.2, 0) is 6.42 Å². The topological polar surface area (TPSA) is 3.24 Å². The minimum atomic E-state index is 0.647. The molecule has 0 bridgehead atoms. The van der Waals surface area contributed by atoms with Crippen molar-refractivity contribution in [3.63, 3.8) is 0 Å². The highest BCUT2D eigenvalue weighted by Gasteiger charge is 2.32. The van der Waals surface area contributed by atoms with Gasteiger partial charge in [0.05, 0.1) is 0 Å². The maximum Gasteiger partial charge on any atom is -0.00188 e. The van der Waals surface area contributed by atoms with Crippen molar-refractivity contribution in [1.29, 1.82) is 0 Å². The van der Waals surface area contributed by atoms with E-state index in [4.69, 9.17) is 0 Å². The number of benzene rings is 2. The molecule has 0 unspecified atom stereocenters. The highest BCUT2D eigenvalue weighted by atomic mass is 15.0. The van der Waals surface area contributed by atoms with Crippen LogP contribution in [0, 0.1) is 0 Å². The Kier molecular flexibility index (Phi) is 3.88. The smallest absolute Gasteiger partial charge is 0.00188 e. The Balaban J connectivity index is 1.90. The molecule has 1 aliphatic carbocycles. The molecule has 3 rings (SSSR count). The van der Waals surface area contributed by atoms with E-state index < -0.39 is 0 Å². The number of hydrogen-bond acceptors (Lipinski definition) is 1. The van der Waals surface area contributed by atoms with Gasteiger partial charge in [-0.1, -0.05) is 54.6 Å². The molecule has 0 amide bonds. The Bertz CT molecular complexity index is 559. The molecule has 0 aliphatic heterocycles. The van der Waals surface area contributed by atoms with Crippen molar-refractivity contribution < 1.29 is 0 Å². The summed E-state index contributed by atoms with van der Waals surface area (Å²) in [5, 5.41) is 0. The fraction of sp³-hybridized carbons (Fsp3) is 0.368. The van der Waals surface area contributed by atoms with Crippen LogP contribution in [0.5, 0.6) is 0 Å². The highest BCUT2D eigenvalue weighted by Crippen LogP contribution is 2.45. The summed E-state index contributed by atoms with van der Waals surface area (Å²) in [5.74, 6) is 1.31. The molecule has 0 heterocycles. The first-order chi connectivity index (χ1) is 9.75. The van der Waals surface area contributed by atoms with Gasteiger partial charge in [0.1, 0.15) is 0 Å². The monoisotopic (exact) mass is 265 g/mol. The van der Waals surface area contributed by atoms with E-state index in [2.05, 4.69) is 73.6 Å². The van der Waals surface area contributed by atoms with Crippen molar-refractivity contribution in [2.75, 3.05) is 20.6 Å². The van der Waals surface area contributed by atoms with Crippen molar-refractivity contribution in [2.24, 2.45) is 0 Å². The number of hydrogen-bond donors (Lipinski definition) is 0. The van der Waals surface area contributed by atoms with Crippen LogP contribution in [0.4, 0.5) is 0 Å². The molecule has 1 aliphatic rings. The second kappa shape index (κ2) is 5.80. The van der Waals surface area contributed by atoms with E-state index in [-0.39, 0.29) is 0 Å². The molecule has 0 saturated carbocycles. The molecule has 2 aromatic carbocycles. The van der Waals surface area contributed by atoms with Gasteiger partial charge in [-0.15, -0.1) is 0 Å². The van der Waals surface area contributed by atoms with Crippen LogP contribution in [0.3, 0.4) is 0 Å². The van der Waals surface area contributed by atoms with Gasteiger partial charge in [-0.25, -0.2) is 0 Å². The summed E-state index contributed by atoms with van der Waals surface area (Å²) in [7, 11) is 4.33. The molecular formula is C19H23N. The third kappa shape index (κ3) is 2.64. The lowest BCUT2D eigenvalue weighted by Crippen LogP contribution is -2.17. The first-order valence-electron chi connectivity index (χ1n) is 7.53. The molecule has 2 aromatic rings. The number of fused-ring (bicyclic) bond motifs is 1. The molecule has 20 heavy (non-hydrogen) atoms. The molecule has 0 radical (unpaired) electrons. The van der Waals surface area contributed by atoms with Crippen LogP contribution in [0.2, 0.25) is 0 Å².